The predicted molar refractivity (Wildman–Crippen MR) is 105 cm³/mol. The molecule has 0 spiro atoms. The number of benzene rings is 1. The minimum Gasteiger partial charge on any atom is -0.368 e. The predicted octanol–water partition coefficient (Wildman–Crippen LogP) is 3.26. The summed E-state index contributed by atoms with van der Waals surface area (Å²) in [5, 5.41) is 0.782. The largest absolute Gasteiger partial charge is 0.368 e. The fraction of sp³-hybridized carbons (Fsp3) is 0.316. The zero-order chi connectivity index (χ0) is 18.1. The highest BCUT2D eigenvalue weighted by molar-refractivity contribution is 6.30. The summed E-state index contributed by atoms with van der Waals surface area (Å²) in [7, 11) is 0. The smallest absolute Gasteiger partial charge is 0.143 e. The van der Waals surface area contributed by atoms with Crippen LogP contribution in [-0.4, -0.2) is 45.7 Å². The molecule has 1 aliphatic heterocycles. The molecule has 0 bridgehead atoms. The van der Waals surface area contributed by atoms with Gasteiger partial charge in [0.2, 0.25) is 0 Å². The van der Waals surface area contributed by atoms with Gasteiger partial charge in [-0.3, -0.25) is 4.57 Å². The van der Waals surface area contributed by atoms with Gasteiger partial charge in [-0.15, -0.1) is 0 Å². The van der Waals surface area contributed by atoms with E-state index in [2.05, 4.69) is 43.8 Å². The van der Waals surface area contributed by atoms with E-state index in [1.807, 2.05) is 29.8 Å². The van der Waals surface area contributed by atoms with Crippen molar-refractivity contribution in [2.45, 2.75) is 13.8 Å². The molecule has 1 fully saturated rings. The van der Waals surface area contributed by atoms with Crippen LogP contribution in [0.4, 0.5) is 11.5 Å². The van der Waals surface area contributed by atoms with Crippen molar-refractivity contribution >= 4 is 23.1 Å². The molecule has 1 saturated heterocycles. The van der Waals surface area contributed by atoms with Crippen LogP contribution in [0.5, 0.6) is 0 Å². The quantitative estimate of drug-likeness (QED) is 0.710. The van der Waals surface area contributed by atoms with Gasteiger partial charge in [0, 0.05) is 55.3 Å². The summed E-state index contributed by atoms with van der Waals surface area (Å²) in [4.78, 5) is 17.8. The van der Waals surface area contributed by atoms with Crippen LogP contribution in [0.1, 0.15) is 11.4 Å². The monoisotopic (exact) mass is 368 g/mol. The van der Waals surface area contributed by atoms with Crippen molar-refractivity contribution in [2.75, 3.05) is 36.0 Å². The molecule has 0 unspecified atom stereocenters. The zero-order valence-corrected chi connectivity index (χ0v) is 15.7. The number of rotatable bonds is 3. The molecule has 0 aliphatic carbocycles. The third-order valence-electron chi connectivity index (χ3n) is 4.83. The average molecular weight is 369 g/mol. The van der Waals surface area contributed by atoms with Gasteiger partial charge in [-0.05, 0) is 31.5 Å². The van der Waals surface area contributed by atoms with Gasteiger partial charge in [-0.2, -0.15) is 0 Å². The Morgan fingerprint density at radius 3 is 2.35 bits per heavy atom. The molecule has 7 heteroatoms. The Kier molecular flexibility index (Phi) is 4.51. The minimum atomic E-state index is 0.782. The van der Waals surface area contributed by atoms with Gasteiger partial charge < -0.3 is 9.80 Å². The number of imidazole rings is 1. The van der Waals surface area contributed by atoms with Crippen molar-refractivity contribution in [3.05, 3.63) is 59.4 Å². The molecule has 26 heavy (non-hydrogen) atoms. The molecule has 0 N–H and O–H groups in total. The van der Waals surface area contributed by atoms with Crippen LogP contribution in [0.3, 0.4) is 0 Å². The second-order valence-corrected chi connectivity index (χ2v) is 6.92. The number of anilines is 2. The molecule has 3 heterocycles. The lowest BCUT2D eigenvalue weighted by Gasteiger charge is -2.37. The number of aryl methyl sites for hydroxylation is 2. The average Bonchev–Trinajstić information content (AvgIpc) is 3.10. The molecule has 2 aromatic heterocycles. The van der Waals surface area contributed by atoms with Gasteiger partial charge in [-0.25, -0.2) is 15.0 Å². The summed E-state index contributed by atoms with van der Waals surface area (Å²) in [5.41, 5.74) is 2.47. The molecular weight excluding hydrogens is 348 g/mol. The zero-order valence-electron chi connectivity index (χ0n) is 14.9. The molecule has 134 valence electrons. The van der Waals surface area contributed by atoms with Crippen molar-refractivity contribution < 1.29 is 0 Å². The third-order valence-corrected chi connectivity index (χ3v) is 5.06. The van der Waals surface area contributed by atoms with E-state index in [1.54, 1.807) is 12.5 Å². The standard InChI is InChI=1S/C19H21ClN6/c1-14-3-4-16(20)11-17(14)24-7-9-25(10-8-24)18-12-19(23-13-22-18)26-6-5-21-15(26)2/h3-6,11-13H,7-10H2,1-2H3. The summed E-state index contributed by atoms with van der Waals surface area (Å²) in [5.74, 6) is 2.71. The van der Waals surface area contributed by atoms with Crippen LogP contribution in [0, 0.1) is 13.8 Å². The van der Waals surface area contributed by atoms with Gasteiger partial charge in [0.15, 0.2) is 0 Å². The van der Waals surface area contributed by atoms with Crippen molar-refractivity contribution in [3.63, 3.8) is 0 Å². The van der Waals surface area contributed by atoms with Gasteiger partial charge in [-0.1, -0.05) is 17.7 Å². The van der Waals surface area contributed by atoms with Crippen molar-refractivity contribution in [1.29, 1.82) is 0 Å². The maximum atomic E-state index is 6.18. The second kappa shape index (κ2) is 6.96. The van der Waals surface area contributed by atoms with Crippen molar-refractivity contribution in [2.24, 2.45) is 0 Å². The van der Waals surface area contributed by atoms with Gasteiger partial charge in [0.05, 0.1) is 0 Å². The number of aromatic nitrogens is 4. The fourth-order valence-electron chi connectivity index (χ4n) is 3.36. The Morgan fingerprint density at radius 2 is 1.62 bits per heavy atom. The van der Waals surface area contributed by atoms with E-state index >= 15 is 0 Å². The van der Waals surface area contributed by atoms with Gasteiger partial charge in [0.25, 0.3) is 0 Å². The van der Waals surface area contributed by atoms with Crippen LogP contribution in [-0.2, 0) is 0 Å². The van der Waals surface area contributed by atoms with E-state index < -0.39 is 0 Å². The number of nitrogens with zero attached hydrogens (tertiary/aromatic N) is 6. The first-order valence-electron chi connectivity index (χ1n) is 8.70. The first-order chi connectivity index (χ1) is 12.6. The molecule has 0 atom stereocenters. The lowest BCUT2D eigenvalue weighted by molar-refractivity contribution is 0.645. The first kappa shape index (κ1) is 16.8. The van der Waals surface area contributed by atoms with Crippen molar-refractivity contribution in [3.8, 4) is 5.82 Å². The van der Waals surface area contributed by atoms with E-state index in [9.17, 15) is 0 Å². The maximum absolute atomic E-state index is 6.18. The van der Waals surface area contributed by atoms with E-state index in [0.717, 1.165) is 48.7 Å². The maximum Gasteiger partial charge on any atom is 0.143 e. The topological polar surface area (TPSA) is 50.1 Å². The SMILES string of the molecule is Cc1ccc(Cl)cc1N1CCN(c2cc(-n3ccnc3C)ncn2)CC1. The second-order valence-electron chi connectivity index (χ2n) is 6.48. The Labute approximate surface area is 158 Å². The first-order valence-corrected chi connectivity index (χ1v) is 9.08. The number of halogens is 1. The Balaban J connectivity index is 1.50. The van der Waals surface area contributed by atoms with Crippen LogP contribution in [0.15, 0.2) is 43.0 Å². The fourth-order valence-corrected chi connectivity index (χ4v) is 3.53. The lowest BCUT2D eigenvalue weighted by Crippen LogP contribution is -2.47. The molecule has 1 aromatic carbocycles. The molecule has 1 aliphatic rings. The van der Waals surface area contributed by atoms with Crippen LogP contribution in [0.2, 0.25) is 5.02 Å². The highest BCUT2D eigenvalue weighted by Gasteiger charge is 2.20. The summed E-state index contributed by atoms with van der Waals surface area (Å²) in [6.07, 6.45) is 5.32. The van der Waals surface area contributed by atoms with Gasteiger partial charge in [0.1, 0.15) is 23.8 Å². The molecule has 4 rings (SSSR count). The number of piperazine rings is 1. The van der Waals surface area contributed by atoms with Gasteiger partial charge >= 0.3 is 0 Å². The number of hydrogen-bond acceptors (Lipinski definition) is 5. The summed E-state index contributed by atoms with van der Waals surface area (Å²) < 4.78 is 1.97. The number of hydrogen-bond donors (Lipinski definition) is 0. The normalized spacial score (nSPS) is 14.7. The van der Waals surface area contributed by atoms with E-state index in [0.29, 0.717) is 0 Å². The Hall–Kier alpha value is -2.60. The summed E-state index contributed by atoms with van der Waals surface area (Å²) in [6.45, 7) is 7.78. The molecule has 0 radical (unpaired) electrons. The van der Waals surface area contributed by atoms with Crippen LogP contribution < -0.4 is 9.80 Å². The van der Waals surface area contributed by atoms with E-state index in [4.69, 9.17) is 11.6 Å². The lowest BCUT2D eigenvalue weighted by atomic mass is 10.1. The van der Waals surface area contributed by atoms with Crippen LogP contribution >= 0.6 is 11.6 Å². The highest BCUT2D eigenvalue weighted by atomic mass is 35.5. The third kappa shape index (κ3) is 3.24. The summed E-state index contributed by atoms with van der Waals surface area (Å²) >= 11 is 6.18. The van der Waals surface area contributed by atoms with E-state index in [-0.39, 0.29) is 0 Å². The molecular formula is C19H21ClN6. The summed E-state index contributed by atoms with van der Waals surface area (Å²) in [6, 6.07) is 8.09. The highest BCUT2D eigenvalue weighted by Crippen LogP contribution is 2.26. The Morgan fingerprint density at radius 1 is 0.885 bits per heavy atom. The molecule has 0 saturated carbocycles. The van der Waals surface area contributed by atoms with Crippen LogP contribution in [0.25, 0.3) is 5.82 Å². The van der Waals surface area contributed by atoms with E-state index in [1.165, 1.54) is 11.3 Å². The van der Waals surface area contributed by atoms with Crippen molar-refractivity contribution in [1.82, 2.24) is 19.5 Å². The molecule has 0 amide bonds. The minimum absolute atomic E-state index is 0.782. The molecule has 3 aromatic rings. The Bertz CT molecular complexity index is 914. The molecule has 6 nitrogen and oxygen atoms in total.